The summed E-state index contributed by atoms with van der Waals surface area (Å²) in [4.78, 5) is 8.62. The molecule has 172 valence electrons. The molecule has 0 atom stereocenters. The van der Waals surface area contributed by atoms with Crippen molar-refractivity contribution in [1.29, 1.82) is 0 Å². The van der Waals surface area contributed by atoms with E-state index in [1.807, 2.05) is 18.2 Å². The van der Waals surface area contributed by atoms with E-state index in [4.69, 9.17) is 22.3 Å². The van der Waals surface area contributed by atoms with Gasteiger partial charge in [0, 0.05) is 32.5 Å². The molecule has 0 bridgehead atoms. The Morgan fingerprint density at radius 3 is 2.06 bits per heavy atom. The maximum absolute atomic E-state index is 6.57. The van der Waals surface area contributed by atoms with Crippen LogP contribution in [-0.4, -0.2) is 20.2 Å². The van der Waals surface area contributed by atoms with E-state index >= 15 is 0 Å². The number of halogens is 1. The molecule has 5 nitrogen and oxygen atoms in total. The fraction of sp³-hybridized carbons (Fsp3) is 0. The van der Waals surface area contributed by atoms with Crippen molar-refractivity contribution in [1.82, 2.24) is 20.2 Å². The average Bonchev–Trinajstić information content (AvgIpc) is 3.57. The number of aromatic amines is 1. The summed E-state index contributed by atoms with van der Waals surface area (Å²) in [6, 6.07) is 31.0. The van der Waals surface area contributed by atoms with Crippen molar-refractivity contribution in [3.05, 3.63) is 96.0 Å². The van der Waals surface area contributed by atoms with Gasteiger partial charge in [0.2, 0.25) is 5.13 Å². The van der Waals surface area contributed by atoms with Gasteiger partial charge in [0.25, 0.3) is 0 Å². The van der Waals surface area contributed by atoms with Crippen molar-refractivity contribution >= 4 is 60.6 Å². The Hall–Kier alpha value is -4.26. The van der Waals surface area contributed by atoms with Gasteiger partial charge in [-0.25, -0.2) is 4.98 Å². The lowest BCUT2D eigenvalue weighted by Crippen LogP contribution is -1.85. The van der Waals surface area contributed by atoms with E-state index in [-0.39, 0.29) is 0 Å². The Morgan fingerprint density at radius 2 is 1.33 bits per heavy atom. The van der Waals surface area contributed by atoms with Gasteiger partial charge >= 0.3 is 0 Å². The van der Waals surface area contributed by atoms with Crippen molar-refractivity contribution in [3.8, 4) is 33.1 Å². The molecule has 3 N–H and O–H groups in total. The molecule has 7 rings (SSSR count). The molecular weight excluding hydrogens is 486 g/mol. The third-order valence-electron chi connectivity index (χ3n) is 6.50. The lowest BCUT2D eigenvalue weighted by atomic mass is 10.0. The molecule has 0 unspecified atom stereocenters. The normalized spacial score (nSPS) is 11.6. The first-order valence-electron chi connectivity index (χ1n) is 11.4. The molecule has 2 heterocycles. The number of nitrogens with one attached hydrogen (secondary N) is 1. The van der Waals surface area contributed by atoms with Crippen LogP contribution < -0.4 is 5.73 Å². The maximum Gasteiger partial charge on any atom is 0.203 e. The molecule has 7 heteroatoms. The predicted molar refractivity (Wildman–Crippen MR) is 150 cm³/mol. The van der Waals surface area contributed by atoms with E-state index in [1.54, 1.807) is 0 Å². The van der Waals surface area contributed by atoms with Crippen LogP contribution in [0.3, 0.4) is 0 Å². The van der Waals surface area contributed by atoms with Gasteiger partial charge in [-0.2, -0.15) is 0 Å². The number of benzene rings is 5. The largest absolute Gasteiger partial charge is 0.374 e. The molecule has 0 aliphatic carbocycles. The van der Waals surface area contributed by atoms with Gasteiger partial charge < -0.3 is 10.7 Å². The molecule has 7 aromatic rings. The van der Waals surface area contributed by atoms with E-state index < -0.39 is 0 Å². The van der Waals surface area contributed by atoms with Gasteiger partial charge in [-0.1, -0.05) is 102 Å². The third kappa shape index (κ3) is 3.34. The average molecular weight is 504 g/mol. The monoisotopic (exact) mass is 503 g/mol. The summed E-state index contributed by atoms with van der Waals surface area (Å²) in [5.41, 5.74) is 11.7. The number of imidazole rings is 1. The molecule has 0 saturated heterocycles. The van der Waals surface area contributed by atoms with E-state index in [0.29, 0.717) is 10.2 Å². The van der Waals surface area contributed by atoms with Gasteiger partial charge in [-0.15, -0.1) is 10.2 Å². The van der Waals surface area contributed by atoms with E-state index in [1.165, 1.54) is 27.5 Å². The minimum atomic E-state index is 0.442. The van der Waals surface area contributed by atoms with Crippen LogP contribution in [0.25, 0.3) is 65.7 Å². The number of aromatic nitrogens is 4. The molecule has 0 radical (unpaired) electrons. The number of H-pyrrole nitrogens is 1. The fourth-order valence-corrected chi connectivity index (χ4v) is 5.63. The van der Waals surface area contributed by atoms with E-state index in [9.17, 15) is 0 Å². The third-order valence-corrected chi connectivity index (χ3v) is 7.63. The SMILES string of the molecule is Nc1nnc(-c2ccc(Cl)c(-c3ccc(-c4nc5c6ccccc6c6ccccc6c5[nH]4)cc3)c2)s1. The Labute approximate surface area is 215 Å². The summed E-state index contributed by atoms with van der Waals surface area (Å²) in [7, 11) is 0. The first kappa shape index (κ1) is 21.1. The summed E-state index contributed by atoms with van der Waals surface area (Å²) in [5, 5.41) is 14.7. The summed E-state index contributed by atoms with van der Waals surface area (Å²) in [6.07, 6.45) is 0. The number of anilines is 1. The van der Waals surface area contributed by atoms with Crippen LogP contribution >= 0.6 is 22.9 Å². The van der Waals surface area contributed by atoms with Crippen LogP contribution in [0, 0.1) is 0 Å². The highest BCUT2D eigenvalue weighted by molar-refractivity contribution is 7.18. The number of fused-ring (bicyclic) bond motifs is 6. The Bertz CT molecular complexity index is 1850. The minimum absolute atomic E-state index is 0.442. The molecule has 5 aromatic carbocycles. The quantitative estimate of drug-likeness (QED) is 0.240. The predicted octanol–water partition coefficient (Wildman–Crippen LogP) is 7.96. The lowest BCUT2D eigenvalue weighted by molar-refractivity contribution is 1.10. The molecule has 2 aromatic heterocycles. The van der Waals surface area contributed by atoms with Crippen LogP contribution in [-0.2, 0) is 0 Å². The minimum Gasteiger partial charge on any atom is -0.374 e. The highest BCUT2D eigenvalue weighted by atomic mass is 35.5. The molecule has 0 amide bonds. The standard InChI is InChI=1S/C29H18ClN5S/c30-24-14-13-18(28-34-35-29(31)36-28)15-23(24)16-9-11-17(12-10-16)27-32-25-21-7-3-1-5-19(21)20-6-2-4-8-22(20)26(25)33-27/h1-15H,(H2,31,35)(H,32,33). The van der Waals surface area contributed by atoms with Crippen LogP contribution in [0.2, 0.25) is 5.02 Å². The number of nitrogen functional groups attached to an aromatic ring is 1. The molecule has 36 heavy (non-hydrogen) atoms. The van der Waals surface area contributed by atoms with Crippen molar-refractivity contribution in [2.45, 2.75) is 0 Å². The van der Waals surface area contributed by atoms with Gasteiger partial charge in [0.15, 0.2) is 0 Å². The molecule has 0 saturated carbocycles. The lowest BCUT2D eigenvalue weighted by Gasteiger charge is -2.07. The van der Waals surface area contributed by atoms with Crippen molar-refractivity contribution in [2.24, 2.45) is 0 Å². The Balaban J connectivity index is 1.33. The summed E-state index contributed by atoms with van der Waals surface area (Å²) in [6.45, 7) is 0. The first-order chi connectivity index (χ1) is 17.7. The number of nitrogens with two attached hydrogens (primary N) is 1. The first-order valence-corrected chi connectivity index (χ1v) is 12.6. The topological polar surface area (TPSA) is 80.5 Å². The van der Waals surface area contributed by atoms with Crippen molar-refractivity contribution in [2.75, 3.05) is 5.73 Å². The highest BCUT2D eigenvalue weighted by Gasteiger charge is 2.14. The van der Waals surface area contributed by atoms with Crippen LogP contribution in [0.15, 0.2) is 91.0 Å². The van der Waals surface area contributed by atoms with Crippen LogP contribution in [0.4, 0.5) is 5.13 Å². The van der Waals surface area contributed by atoms with Crippen molar-refractivity contribution in [3.63, 3.8) is 0 Å². The van der Waals surface area contributed by atoms with Crippen LogP contribution in [0.1, 0.15) is 0 Å². The van der Waals surface area contributed by atoms with Gasteiger partial charge in [0.05, 0.1) is 11.0 Å². The second-order valence-electron chi connectivity index (χ2n) is 8.62. The fourth-order valence-electron chi connectivity index (χ4n) is 4.80. The second-order valence-corrected chi connectivity index (χ2v) is 10.0. The van der Waals surface area contributed by atoms with Crippen LogP contribution in [0.5, 0.6) is 0 Å². The second kappa shape index (κ2) is 8.16. The number of hydrogen-bond donors (Lipinski definition) is 2. The van der Waals surface area contributed by atoms with Gasteiger partial charge in [-0.05, 0) is 28.5 Å². The van der Waals surface area contributed by atoms with E-state index in [0.717, 1.165) is 49.5 Å². The zero-order valence-corrected chi connectivity index (χ0v) is 20.4. The smallest absolute Gasteiger partial charge is 0.203 e. The highest BCUT2D eigenvalue weighted by Crippen LogP contribution is 2.37. The number of nitrogens with zero attached hydrogens (tertiary/aromatic N) is 3. The molecule has 0 fully saturated rings. The summed E-state index contributed by atoms with van der Waals surface area (Å²) < 4.78 is 0. The summed E-state index contributed by atoms with van der Waals surface area (Å²) in [5.74, 6) is 0.835. The Kier molecular flexibility index (Phi) is 4.77. The van der Waals surface area contributed by atoms with Gasteiger partial charge in [-0.3, -0.25) is 0 Å². The number of rotatable bonds is 3. The molecule has 0 spiro atoms. The van der Waals surface area contributed by atoms with Gasteiger partial charge in [0.1, 0.15) is 10.8 Å². The molecule has 0 aliphatic rings. The molecular formula is C29H18ClN5S. The number of hydrogen-bond acceptors (Lipinski definition) is 5. The Morgan fingerprint density at radius 1 is 0.694 bits per heavy atom. The zero-order valence-electron chi connectivity index (χ0n) is 18.9. The molecule has 0 aliphatic heterocycles. The van der Waals surface area contributed by atoms with Crippen molar-refractivity contribution < 1.29 is 0 Å². The maximum atomic E-state index is 6.57. The van der Waals surface area contributed by atoms with E-state index in [2.05, 4.69) is 88.0 Å². The zero-order chi connectivity index (χ0) is 24.2. The summed E-state index contributed by atoms with van der Waals surface area (Å²) >= 11 is 7.92.